The minimum absolute atomic E-state index is 0.0802. The Morgan fingerprint density at radius 3 is 2.89 bits per heavy atom. The molecular weight excluding hydrogens is 252 g/mol. The molecule has 98 valence electrons. The summed E-state index contributed by atoms with van der Waals surface area (Å²) in [4.78, 5) is 10.4. The van der Waals surface area contributed by atoms with Crippen molar-refractivity contribution in [2.75, 3.05) is 18.2 Å². The summed E-state index contributed by atoms with van der Waals surface area (Å²) in [6.45, 7) is 2.17. The van der Waals surface area contributed by atoms with Gasteiger partial charge < -0.3 is 10.1 Å². The number of methoxy groups -OCH3 is 1. The van der Waals surface area contributed by atoms with Crippen LogP contribution in [0, 0.1) is 10.1 Å². The number of nitro groups is 1. The first kappa shape index (κ1) is 13.0. The van der Waals surface area contributed by atoms with Crippen molar-refractivity contribution in [2.45, 2.75) is 24.6 Å². The van der Waals surface area contributed by atoms with Crippen LogP contribution in [0.3, 0.4) is 0 Å². The van der Waals surface area contributed by atoms with Crippen molar-refractivity contribution < 1.29 is 9.66 Å². The Morgan fingerprint density at radius 2 is 2.33 bits per heavy atom. The number of nitrogens with zero attached hydrogens (tertiary/aromatic N) is 1. The van der Waals surface area contributed by atoms with Crippen molar-refractivity contribution in [3.05, 3.63) is 28.3 Å². The van der Waals surface area contributed by atoms with Crippen LogP contribution in [0.1, 0.15) is 13.3 Å². The third-order valence-corrected chi connectivity index (χ3v) is 4.44. The van der Waals surface area contributed by atoms with Crippen LogP contribution in [-0.2, 0) is 0 Å². The number of anilines is 1. The van der Waals surface area contributed by atoms with Gasteiger partial charge in [-0.15, -0.1) is 0 Å². The Labute approximate surface area is 110 Å². The number of nitro benzene ring substituents is 1. The molecule has 0 bridgehead atoms. The summed E-state index contributed by atoms with van der Waals surface area (Å²) in [6, 6.07) is 4.96. The van der Waals surface area contributed by atoms with Gasteiger partial charge in [0.2, 0.25) is 0 Å². The molecular formula is C12H16N2O3S. The molecule has 1 heterocycles. The molecule has 2 rings (SSSR count). The van der Waals surface area contributed by atoms with Gasteiger partial charge in [-0.2, -0.15) is 11.8 Å². The highest BCUT2D eigenvalue weighted by molar-refractivity contribution is 8.00. The topological polar surface area (TPSA) is 64.4 Å². The normalized spacial score (nSPS) is 22.8. The van der Waals surface area contributed by atoms with E-state index < -0.39 is 4.92 Å². The molecule has 2 atom stereocenters. The molecule has 0 radical (unpaired) electrons. The second-order valence-corrected chi connectivity index (χ2v) is 5.74. The summed E-state index contributed by atoms with van der Waals surface area (Å²) in [7, 11) is 1.57. The van der Waals surface area contributed by atoms with Crippen LogP contribution in [0.25, 0.3) is 0 Å². The van der Waals surface area contributed by atoms with Crippen LogP contribution in [-0.4, -0.2) is 29.1 Å². The molecule has 1 aliphatic heterocycles. The Morgan fingerprint density at radius 1 is 1.56 bits per heavy atom. The second-order valence-electron chi connectivity index (χ2n) is 4.26. The van der Waals surface area contributed by atoms with Crippen molar-refractivity contribution in [3.63, 3.8) is 0 Å². The van der Waals surface area contributed by atoms with E-state index in [1.165, 1.54) is 12.1 Å². The molecule has 0 aromatic heterocycles. The third-order valence-electron chi connectivity index (χ3n) is 3.11. The first-order valence-corrected chi connectivity index (χ1v) is 6.87. The summed E-state index contributed by atoms with van der Waals surface area (Å²) in [5.41, 5.74) is 0.780. The van der Waals surface area contributed by atoms with Crippen LogP contribution in [0.2, 0.25) is 0 Å². The van der Waals surface area contributed by atoms with Crippen molar-refractivity contribution in [1.82, 2.24) is 0 Å². The summed E-state index contributed by atoms with van der Waals surface area (Å²) in [5, 5.41) is 14.7. The highest BCUT2D eigenvalue weighted by Gasteiger charge is 2.25. The first-order valence-electron chi connectivity index (χ1n) is 5.82. The smallest absolute Gasteiger partial charge is 0.271 e. The lowest BCUT2D eigenvalue weighted by molar-refractivity contribution is -0.384. The van der Waals surface area contributed by atoms with E-state index in [0.29, 0.717) is 22.7 Å². The number of thioether (sulfide) groups is 1. The minimum Gasteiger partial charge on any atom is -0.495 e. The average molecular weight is 268 g/mol. The molecule has 1 N–H and O–H groups in total. The van der Waals surface area contributed by atoms with Crippen LogP contribution in [0.15, 0.2) is 18.2 Å². The average Bonchev–Trinajstić information content (AvgIpc) is 2.75. The van der Waals surface area contributed by atoms with Gasteiger partial charge >= 0.3 is 0 Å². The monoisotopic (exact) mass is 268 g/mol. The van der Waals surface area contributed by atoms with Gasteiger partial charge in [-0.1, -0.05) is 6.92 Å². The number of non-ortho nitro benzene ring substituents is 1. The zero-order chi connectivity index (χ0) is 13.1. The zero-order valence-corrected chi connectivity index (χ0v) is 11.2. The fourth-order valence-electron chi connectivity index (χ4n) is 2.04. The largest absolute Gasteiger partial charge is 0.495 e. The first-order chi connectivity index (χ1) is 8.61. The van der Waals surface area contributed by atoms with Crippen LogP contribution in [0.5, 0.6) is 5.75 Å². The number of nitrogens with one attached hydrogen (secondary N) is 1. The Balaban J connectivity index is 2.23. The molecule has 0 spiro atoms. The van der Waals surface area contributed by atoms with Gasteiger partial charge in [-0.05, 0) is 18.2 Å². The maximum Gasteiger partial charge on any atom is 0.271 e. The molecule has 2 unspecified atom stereocenters. The fourth-order valence-corrected chi connectivity index (χ4v) is 3.24. The van der Waals surface area contributed by atoms with Crippen molar-refractivity contribution in [2.24, 2.45) is 0 Å². The molecule has 18 heavy (non-hydrogen) atoms. The summed E-state index contributed by atoms with van der Waals surface area (Å²) < 4.78 is 5.23. The maximum atomic E-state index is 10.8. The third kappa shape index (κ3) is 2.69. The van der Waals surface area contributed by atoms with Crippen LogP contribution < -0.4 is 10.1 Å². The predicted octanol–water partition coefficient (Wildman–Crippen LogP) is 2.91. The Hall–Kier alpha value is -1.43. The van der Waals surface area contributed by atoms with Gasteiger partial charge in [-0.25, -0.2) is 0 Å². The summed E-state index contributed by atoms with van der Waals surface area (Å²) in [5.74, 6) is 1.76. The molecule has 0 saturated carbocycles. The van der Waals surface area contributed by atoms with Crippen molar-refractivity contribution in [1.29, 1.82) is 0 Å². The van der Waals surface area contributed by atoms with Crippen molar-refractivity contribution in [3.8, 4) is 5.75 Å². The lowest BCUT2D eigenvalue weighted by Gasteiger charge is -2.19. The van der Waals surface area contributed by atoms with E-state index in [-0.39, 0.29) is 5.69 Å². The zero-order valence-electron chi connectivity index (χ0n) is 10.4. The number of hydrogen-bond donors (Lipinski definition) is 1. The van der Waals surface area contributed by atoms with Gasteiger partial charge in [0.15, 0.2) is 0 Å². The summed E-state index contributed by atoms with van der Waals surface area (Å²) in [6.07, 6.45) is 1.07. The lowest BCUT2D eigenvalue weighted by Crippen LogP contribution is -2.24. The highest BCUT2D eigenvalue weighted by atomic mass is 32.2. The number of benzene rings is 1. The molecule has 0 amide bonds. The van der Waals surface area contributed by atoms with Gasteiger partial charge in [0.05, 0.1) is 17.7 Å². The molecule has 1 aliphatic rings. The standard InChI is InChI=1S/C12H16N2O3S/c1-8-10(5-6-18-8)13-11-7-9(14(15)16)3-4-12(11)17-2/h3-4,7-8,10,13H,5-6H2,1-2H3. The number of rotatable bonds is 4. The number of hydrogen-bond acceptors (Lipinski definition) is 5. The van der Waals surface area contributed by atoms with Gasteiger partial charge in [0, 0.05) is 23.4 Å². The van der Waals surface area contributed by atoms with E-state index in [4.69, 9.17) is 4.74 Å². The number of ether oxygens (including phenoxy) is 1. The second kappa shape index (κ2) is 5.48. The fraction of sp³-hybridized carbons (Fsp3) is 0.500. The van der Waals surface area contributed by atoms with Crippen molar-refractivity contribution >= 4 is 23.1 Å². The molecule has 1 saturated heterocycles. The highest BCUT2D eigenvalue weighted by Crippen LogP contribution is 2.34. The molecule has 0 aliphatic carbocycles. The van der Waals surface area contributed by atoms with E-state index in [0.717, 1.165) is 12.2 Å². The lowest BCUT2D eigenvalue weighted by atomic mass is 10.1. The van der Waals surface area contributed by atoms with Gasteiger partial charge in [0.1, 0.15) is 5.75 Å². The maximum absolute atomic E-state index is 10.8. The SMILES string of the molecule is COc1ccc([N+](=O)[O-])cc1NC1CCSC1C. The van der Waals surface area contributed by atoms with Crippen LogP contribution in [0.4, 0.5) is 11.4 Å². The quantitative estimate of drug-likeness (QED) is 0.672. The molecule has 1 aromatic carbocycles. The predicted molar refractivity (Wildman–Crippen MR) is 73.6 cm³/mol. The minimum atomic E-state index is -0.391. The van der Waals surface area contributed by atoms with E-state index in [9.17, 15) is 10.1 Å². The van der Waals surface area contributed by atoms with Gasteiger partial charge in [0.25, 0.3) is 5.69 Å². The van der Waals surface area contributed by atoms with Gasteiger partial charge in [-0.3, -0.25) is 10.1 Å². The van der Waals surface area contributed by atoms with E-state index in [2.05, 4.69) is 12.2 Å². The van der Waals surface area contributed by atoms with E-state index in [1.54, 1.807) is 13.2 Å². The molecule has 1 fully saturated rings. The Bertz CT molecular complexity index is 453. The molecule has 5 nitrogen and oxygen atoms in total. The molecule has 1 aromatic rings. The van der Waals surface area contributed by atoms with E-state index in [1.807, 2.05) is 11.8 Å². The van der Waals surface area contributed by atoms with E-state index >= 15 is 0 Å². The summed E-state index contributed by atoms with van der Waals surface area (Å²) >= 11 is 1.91. The Kier molecular flexibility index (Phi) is 3.96. The molecule has 6 heteroatoms. The van der Waals surface area contributed by atoms with Crippen LogP contribution >= 0.6 is 11.8 Å².